The van der Waals surface area contributed by atoms with E-state index < -0.39 is 23.4 Å². The van der Waals surface area contributed by atoms with E-state index in [2.05, 4.69) is 0 Å². The fraction of sp³-hybridized carbons (Fsp3) is 0.391. The Labute approximate surface area is 183 Å². The SMILES string of the molecule is COc1ccc(N2C(=O)C[C@@H](N3CCC(O)(c4cccc(C(F)(F)F)c4)CC3)C2=O)cc1. The molecule has 6 nitrogen and oxygen atoms in total. The Kier molecular flexibility index (Phi) is 5.72. The van der Waals surface area contributed by atoms with Gasteiger partial charge in [-0.15, -0.1) is 0 Å². The van der Waals surface area contributed by atoms with Crippen LogP contribution in [0.2, 0.25) is 0 Å². The van der Waals surface area contributed by atoms with Gasteiger partial charge in [-0.25, -0.2) is 4.90 Å². The van der Waals surface area contributed by atoms with Gasteiger partial charge in [0, 0.05) is 13.1 Å². The fourth-order valence-electron chi connectivity index (χ4n) is 4.38. The van der Waals surface area contributed by atoms with E-state index in [1.165, 1.54) is 19.2 Å². The van der Waals surface area contributed by atoms with Crippen LogP contribution in [-0.2, 0) is 21.4 Å². The highest BCUT2D eigenvalue weighted by atomic mass is 19.4. The maximum absolute atomic E-state index is 13.1. The van der Waals surface area contributed by atoms with Gasteiger partial charge in [0.2, 0.25) is 5.91 Å². The van der Waals surface area contributed by atoms with Crippen LogP contribution in [0.3, 0.4) is 0 Å². The van der Waals surface area contributed by atoms with Crippen LogP contribution in [0, 0.1) is 0 Å². The lowest BCUT2D eigenvalue weighted by molar-refractivity contribution is -0.138. The molecule has 2 aromatic carbocycles. The third-order valence-corrected chi connectivity index (χ3v) is 6.25. The number of carbonyl (C=O) groups is 2. The largest absolute Gasteiger partial charge is 0.497 e. The third kappa shape index (κ3) is 4.10. The highest BCUT2D eigenvalue weighted by molar-refractivity contribution is 6.22. The summed E-state index contributed by atoms with van der Waals surface area (Å²) in [4.78, 5) is 28.5. The summed E-state index contributed by atoms with van der Waals surface area (Å²) in [6.45, 7) is 0.569. The second-order valence-electron chi connectivity index (χ2n) is 8.13. The summed E-state index contributed by atoms with van der Waals surface area (Å²) in [7, 11) is 1.52. The predicted molar refractivity (Wildman–Crippen MR) is 110 cm³/mol. The van der Waals surface area contributed by atoms with E-state index in [9.17, 15) is 27.9 Å². The lowest BCUT2D eigenvalue weighted by Crippen LogP contribution is -2.49. The smallest absolute Gasteiger partial charge is 0.416 e. The number of benzene rings is 2. The molecule has 2 aliphatic rings. The van der Waals surface area contributed by atoms with E-state index >= 15 is 0 Å². The molecule has 0 bridgehead atoms. The Morgan fingerprint density at radius 2 is 1.72 bits per heavy atom. The van der Waals surface area contributed by atoms with Gasteiger partial charge < -0.3 is 9.84 Å². The molecule has 0 radical (unpaired) electrons. The van der Waals surface area contributed by atoms with E-state index in [-0.39, 0.29) is 49.7 Å². The Morgan fingerprint density at radius 1 is 1.06 bits per heavy atom. The zero-order valence-electron chi connectivity index (χ0n) is 17.4. The van der Waals surface area contributed by atoms with Crippen molar-refractivity contribution < 1.29 is 32.6 Å². The third-order valence-electron chi connectivity index (χ3n) is 6.25. The molecule has 2 heterocycles. The van der Waals surface area contributed by atoms with Gasteiger partial charge >= 0.3 is 6.18 Å². The van der Waals surface area contributed by atoms with Crippen molar-refractivity contribution in [3.8, 4) is 5.75 Å². The molecule has 1 N–H and O–H groups in total. The molecule has 0 unspecified atom stereocenters. The van der Waals surface area contributed by atoms with Gasteiger partial charge in [0.25, 0.3) is 5.91 Å². The van der Waals surface area contributed by atoms with Crippen molar-refractivity contribution >= 4 is 17.5 Å². The average molecular weight is 448 g/mol. The Hall–Kier alpha value is -2.91. The minimum Gasteiger partial charge on any atom is -0.497 e. The number of alkyl halides is 3. The maximum Gasteiger partial charge on any atom is 0.416 e. The lowest BCUT2D eigenvalue weighted by atomic mass is 9.83. The molecule has 9 heteroatoms. The molecular weight excluding hydrogens is 425 g/mol. The van der Waals surface area contributed by atoms with Crippen molar-refractivity contribution in [1.29, 1.82) is 0 Å². The second kappa shape index (κ2) is 8.22. The average Bonchev–Trinajstić information content (AvgIpc) is 3.08. The van der Waals surface area contributed by atoms with Crippen molar-refractivity contribution in [3.63, 3.8) is 0 Å². The number of anilines is 1. The van der Waals surface area contributed by atoms with E-state index in [1.54, 1.807) is 24.3 Å². The standard InChI is InChI=1S/C23H23F3N2O4/c1-32-18-7-5-17(6-8-18)28-20(29)14-19(21(28)30)27-11-9-22(31,10-12-27)15-3-2-4-16(13-15)23(24,25)26/h2-8,13,19,31H,9-12,14H2,1H3/t19-/m1/s1. The lowest BCUT2D eigenvalue weighted by Gasteiger charge is -2.40. The van der Waals surface area contributed by atoms with Crippen molar-refractivity contribution in [2.24, 2.45) is 0 Å². The fourth-order valence-corrected chi connectivity index (χ4v) is 4.38. The molecule has 0 aliphatic carbocycles. The van der Waals surface area contributed by atoms with Crippen molar-refractivity contribution in [3.05, 3.63) is 59.7 Å². The number of hydrogen-bond donors (Lipinski definition) is 1. The van der Waals surface area contributed by atoms with Crippen LogP contribution in [0.4, 0.5) is 18.9 Å². The first-order valence-corrected chi connectivity index (χ1v) is 10.3. The number of halogens is 3. The summed E-state index contributed by atoms with van der Waals surface area (Å²) >= 11 is 0. The number of hydrogen-bond acceptors (Lipinski definition) is 5. The summed E-state index contributed by atoms with van der Waals surface area (Å²) in [5.41, 5.74) is -1.56. The van der Waals surface area contributed by atoms with Crippen LogP contribution in [0.1, 0.15) is 30.4 Å². The molecule has 2 saturated heterocycles. The Morgan fingerprint density at radius 3 is 2.31 bits per heavy atom. The summed E-state index contributed by atoms with van der Waals surface area (Å²) < 4.78 is 44.3. The number of aliphatic hydroxyl groups is 1. The second-order valence-corrected chi connectivity index (χ2v) is 8.13. The molecule has 170 valence electrons. The van der Waals surface area contributed by atoms with Gasteiger partial charge in [-0.05, 0) is 54.8 Å². The molecule has 0 spiro atoms. The number of likely N-dealkylation sites (tertiary alicyclic amines) is 1. The maximum atomic E-state index is 13.1. The number of amides is 2. The van der Waals surface area contributed by atoms with E-state index in [0.717, 1.165) is 17.0 Å². The number of nitrogens with zero attached hydrogens (tertiary/aromatic N) is 2. The number of rotatable bonds is 4. The van der Waals surface area contributed by atoms with Crippen molar-refractivity contribution in [2.45, 2.75) is 37.1 Å². The van der Waals surface area contributed by atoms with Gasteiger partial charge in [0.05, 0.1) is 36.4 Å². The van der Waals surface area contributed by atoms with Crippen LogP contribution in [-0.4, -0.2) is 48.1 Å². The van der Waals surface area contributed by atoms with Crippen LogP contribution in [0.15, 0.2) is 48.5 Å². The van der Waals surface area contributed by atoms with Crippen molar-refractivity contribution in [1.82, 2.24) is 4.90 Å². The first-order chi connectivity index (χ1) is 15.1. The summed E-state index contributed by atoms with van der Waals surface area (Å²) in [5, 5.41) is 11.0. The highest BCUT2D eigenvalue weighted by Crippen LogP contribution is 2.38. The molecule has 0 saturated carbocycles. The minimum atomic E-state index is -4.49. The molecule has 2 amide bonds. The first-order valence-electron chi connectivity index (χ1n) is 10.3. The van der Waals surface area contributed by atoms with Crippen LogP contribution in [0.25, 0.3) is 0 Å². The topological polar surface area (TPSA) is 70.1 Å². The van der Waals surface area contributed by atoms with Crippen LogP contribution < -0.4 is 9.64 Å². The van der Waals surface area contributed by atoms with Gasteiger partial charge in [-0.2, -0.15) is 13.2 Å². The molecule has 32 heavy (non-hydrogen) atoms. The number of methoxy groups -OCH3 is 1. The Balaban J connectivity index is 1.46. The van der Waals surface area contributed by atoms with Crippen LogP contribution in [0.5, 0.6) is 5.75 Å². The number of carbonyl (C=O) groups excluding carboxylic acids is 2. The number of ether oxygens (including phenoxy) is 1. The highest BCUT2D eigenvalue weighted by Gasteiger charge is 2.45. The number of imide groups is 1. The molecule has 2 aliphatic heterocycles. The first kappa shape index (κ1) is 22.3. The van der Waals surface area contributed by atoms with Gasteiger partial charge in [-0.3, -0.25) is 14.5 Å². The molecule has 4 rings (SSSR count). The van der Waals surface area contributed by atoms with E-state index in [1.807, 2.05) is 4.90 Å². The molecule has 2 aromatic rings. The van der Waals surface area contributed by atoms with Gasteiger partial charge in [-0.1, -0.05) is 12.1 Å². The molecule has 0 aromatic heterocycles. The monoisotopic (exact) mass is 448 g/mol. The van der Waals surface area contributed by atoms with Crippen LogP contribution >= 0.6 is 0 Å². The molecule has 2 fully saturated rings. The predicted octanol–water partition coefficient (Wildman–Crippen LogP) is 3.33. The zero-order chi connectivity index (χ0) is 23.1. The van der Waals surface area contributed by atoms with Gasteiger partial charge in [0.15, 0.2) is 0 Å². The minimum absolute atomic E-state index is 0.0207. The van der Waals surface area contributed by atoms with Gasteiger partial charge in [0.1, 0.15) is 5.75 Å². The summed E-state index contributed by atoms with van der Waals surface area (Å²) in [5.74, 6) is -0.0529. The van der Waals surface area contributed by atoms with Crippen molar-refractivity contribution in [2.75, 3.05) is 25.1 Å². The quantitative estimate of drug-likeness (QED) is 0.727. The summed E-state index contributed by atoms with van der Waals surface area (Å²) in [6, 6.07) is 10.7. The summed E-state index contributed by atoms with van der Waals surface area (Å²) in [6.07, 6.45) is -4.15. The van der Waals surface area contributed by atoms with E-state index in [4.69, 9.17) is 4.74 Å². The van der Waals surface area contributed by atoms with E-state index in [0.29, 0.717) is 11.4 Å². The molecule has 1 atom stereocenters. The normalized spacial score (nSPS) is 21.8. The number of piperidine rings is 1. The zero-order valence-corrected chi connectivity index (χ0v) is 17.4. The molecular formula is C23H23F3N2O4. The Bertz CT molecular complexity index is 1010.